The normalized spacial score (nSPS) is 14.1. The molecule has 1 aromatic carbocycles. The molecule has 0 spiro atoms. The van der Waals surface area contributed by atoms with E-state index in [1.165, 1.54) is 6.07 Å². The van der Waals surface area contributed by atoms with Gasteiger partial charge in [-0.2, -0.15) is 0 Å². The van der Waals surface area contributed by atoms with Gasteiger partial charge in [0.1, 0.15) is 17.3 Å². The molecule has 1 aliphatic heterocycles. The lowest BCUT2D eigenvalue weighted by Crippen LogP contribution is -2.04. The number of allylic oxidation sites excluding steroid dienone is 1. The Morgan fingerprint density at radius 3 is 2.88 bits per heavy atom. The number of halogens is 1. The van der Waals surface area contributed by atoms with Crippen molar-refractivity contribution in [2.75, 3.05) is 0 Å². The Morgan fingerprint density at radius 2 is 2.19 bits per heavy atom. The van der Waals surface area contributed by atoms with Crippen molar-refractivity contribution in [1.82, 2.24) is 0 Å². The molecule has 0 unspecified atom stereocenters. The molecule has 1 aromatic rings. The van der Waals surface area contributed by atoms with Crippen LogP contribution in [0, 0.1) is 0 Å². The van der Waals surface area contributed by atoms with E-state index in [0.29, 0.717) is 16.5 Å². The molecule has 0 bridgehead atoms. The maximum Gasteiger partial charge on any atom is 0.138 e. The quantitative estimate of drug-likeness (QED) is 0.837. The Bertz CT molecular complexity index is 475. The molecule has 0 amide bonds. The number of benzene rings is 1. The van der Waals surface area contributed by atoms with E-state index in [2.05, 4.69) is 13.5 Å². The number of phenols is 1. The van der Waals surface area contributed by atoms with Crippen LogP contribution in [-0.2, 0) is 0 Å². The van der Waals surface area contributed by atoms with Gasteiger partial charge in [0.2, 0.25) is 0 Å². The van der Waals surface area contributed by atoms with Gasteiger partial charge in [0.15, 0.2) is 0 Å². The molecule has 1 heterocycles. The lowest BCUT2D eigenvalue weighted by atomic mass is 10.0. The minimum Gasteiger partial charge on any atom is -0.506 e. The van der Waals surface area contributed by atoms with Gasteiger partial charge in [-0.15, -0.1) is 0 Å². The van der Waals surface area contributed by atoms with Gasteiger partial charge >= 0.3 is 0 Å². The van der Waals surface area contributed by atoms with Crippen LogP contribution >= 0.6 is 11.6 Å². The van der Waals surface area contributed by atoms with Crippen LogP contribution < -0.4 is 4.74 Å². The highest BCUT2D eigenvalue weighted by molar-refractivity contribution is 6.32. The molecule has 2 nitrogen and oxygen atoms in total. The van der Waals surface area contributed by atoms with Crippen LogP contribution in [-0.4, -0.2) is 5.11 Å². The van der Waals surface area contributed by atoms with Crippen LogP contribution in [0.4, 0.5) is 0 Å². The zero-order chi connectivity index (χ0) is 11.7. The van der Waals surface area contributed by atoms with E-state index in [0.717, 1.165) is 24.0 Å². The second kappa shape index (κ2) is 4.22. The van der Waals surface area contributed by atoms with E-state index in [4.69, 9.17) is 16.3 Å². The molecular weight excluding hydrogens is 224 g/mol. The molecule has 0 saturated heterocycles. The average Bonchev–Trinajstić information content (AvgIpc) is 2.23. The SMILES string of the molecule is C=C1Oc2cc(O)c(Cl)cc2C=C1CCC. The van der Waals surface area contributed by atoms with Gasteiger partial charge in [-0.05, 0) is 24.1 Å². The highest BCUT2D eigenvalue weighted by Gasteiger charge is 2.16. The van der Waals surface area contributed by atoms with Gasteiger partial charge in [0.05, 0.1) is 5.02 Å². The molecule has 0 saturated carbocycles. The second-order valence-electron chi connectivity index (χ2n) is 3.79. The summed E-state index contributed by atoms with van der Waals surface area (Å²) < 4.78 is 5.55. The van der Waals surface area contributed by atoms with Gasteiger partial charge in [0, 0.05) is 11.6 Å². The number of hydrogen-bond donors (Lipinski definition) is 1. The summed E-state index contributed by atoms with van der Waals surface area (Å²) in [6.45, 7) is 5.96. The fourth-order valence-corrected chi connectivity index (χ4v) is 1.88. The summed E-state index contributed by atoms with van der Waals surface area (Å²) in [7, 11) is 0. The maximum atomic E-state index is 9.47. The van der Waals surface area contributed by atoms with Gasteiger partial charge in [-0.1, -0.05) is 31.5 Å². The summed E-state index contributed by atoms with van der Waals surface area (Å²) >= 11 is 5.85. The molecule has 3 heteroatoms. The smallest absolute Gasteiger partial charge is 0.138 e. The first-order chi connectivity index (χ1) is 7.61. The molecular formula is C13H13ClO2. The maximum absolute atomic E-state index is 9.47. The number of hydrogen-bond acceptors (Lipinski definition) is 2. The first-order valence-electron chi connectivity index (χ1n) is 5.22. The van der Waals surface area contributed by atoms with Crippen molar-refractivity contribution in [3.8, 4) is 11.5 Å². The molecule has 0 aromatic heterocycles. The monoisotopic (exact) mass is 236 g/mol. The first-order valence-corrected chi connectivity index (χ1v) is 5.60. The molecule has 2 rings (SSSR count). The van der Waals surface area contributed by atoms with Crippen LogP contribution in [0.5, 0.6) is 11.5 Å². The fraction of sp³-hybridized carbons (Fsp3) is 0.231. The summed E-state index contributed by atoms with van der Waals surface area (Å²) in [4.78, 5) is 0. The minimum absolute atomic E-state index is 0.0283. The van der Waals surface area contributed by atoms with Gasteiger partial charge < -0.3 is 9.84 Å². The van der Waals surface area contributed by atoms with Crippen molar-refractivity contribution in [2.45, 2.75) is 19.8 Å². The molecule has 0 atom stereocenters. The lowest BCUT2D eigenvalue weighted by molar-refractivity contribution is 0.420. The predicted molar refractivity (Wildman–Crippen MR) is 65.8 cm³/mol. The summed E-state index contributed by atoms with van der Waals surface area (Å²) in [6.07, 6.45) is 3.97. The summed E-state index contributed by atoms with van der Waals surface area (Å²) in [5, 5.41) is 9.80. The van der Waals surface area contributed by atoms with E-state index >= 15 is 0 Å². The van der Waals surface area contributed by atoms with E-state index in [1.807, 2.05) is 6.08 Å². The molecule has 0 fully saturated rings. The van der Waals surface area contributed by atoms with Crippen LogP contribution in [0.3, 0.4) is 0 Å². The number of ether oxygens (including phenoxy) is 1. The molecule has 0 radical (unpaired) electrons. The number of fused-ring (bicyclic) bond motifs is 1. The molecule has 1 aliphatic rings. The Morgan fingerprint density at radius 1 is 1.44 bits per heavy atom. The van der Waals surface area contributed by atoms with Crippen molar-refractivity contribution in [3.05, 3.63) is 40.6 Å². The lowest BCUT2D eigenvalue weighted by Gasteiger charge is -2.20. The fourth-order valence-electron chi connectivity index (χ4n) is 1.71. The van der Waals surface area contributed by atoms with Crippen LogP contribution in [0.15, 0.2) is 30.0 Å². The van der Waals surface area contributed by atoms with Crippen LogP contribution in [0.1, 0.15) is 25.3 Å². The minimum atomic E-state index is 0.0283. The Hall–Kier alpha value is -1.41. The zero-order valence-corrected chi connectivity index (χ0v) is 9.84. The number of aromatic hydroxyl groups is 1. The zero-order valence-electron chi connectivity index (χ0n) is 9.09. The third-order valence-electron chi connectivity index (χ3n) is 2.52. The third kappa shape index (κ3) is 1.93. The van der Waals surface area contributed by atoms with E-state index in [9.17, 15) is 5.11 Å². The van der Waals surface area contributed by atoms with E-state index in [1.54, 1.807) is 6.07 Å². The average molecular weight is 237 g/mol. The molecule has 16 heavy (non-hydrogen) atoms. The summed E-state index contributed by atoms with van der Waals surface area (Å²) in [5.74, 6) is 1.28. The largest absolute Gasteiger partial charge is 0.506 e. The van der Waals surface area contributed by atoms with Crippen molar-refractivity contribution in [1.29, 1.82) is 0 Å². The van der Waals surface area contributed by atoms with E-state index in [-0.39, 0.29) is 5.75 Å². The van der Waals surface area contributed by atoms with Crippen molar-refractivity contribution >= 4 is 17.7 Å². The first kappa shape index (κ1) is 11.1. The highest BCUT2D eigenvalue weighted by atomic mass is 35.5. The van der Waals surface area contributed by atoms with Crippen molar-refractivity contribution in [3.63, 3.8) is 0 Å². The second-order valence-corrected chi connectivity index (χ2v) is 4.19. The standard InChI is InChI=1S/C13H13ClO2/c1-3-4-9-5-10-6-11(14)12(15)7-13(10)16-8(9)2/h5-7,15H,2-4H2,1H3. The third-order valence-corrected chi connectivity index (χ3v) is 2.82. The van der Waals surface area contributed by atoms with Crippen LogP contribution in [0.25, 0.3) is 6.08 Å². The highest BCUT2D eigenvalue weighted by Crippen LogP contribution is 2.38. The molecule has 84 valence electrons. The van der Waals surface area contributed by atoms with Crippen molar-refractivity contribution < 1.29 is 9.84 Å². The van der Waals surface area contributed by atoms with E-state index < -0.39 is 0 Å². The Labute approximate surface area is 99.8 Å². The summed E-state index contributed by atoms with van der Waals surface area (Å²) in [6, 6.07) is 3.22. The van der Waals surface area contributed by atoms with Gasteiger partial charge in [-0.3, -0.25) is 0 Å². The Kier molecular flexibility index (Phi) is 2.92. The predicted octanol–water partition coefficient (Wildman–Crippen LogP) is 4.14. The van der Waals surface area contributed by atoms with Crippen molar-refractivity contribution in [2.24, 2.45) is 0 Å². The van der Waals surface area contributed by atoms with Gasteiger partial charge in [0.25, 0.3) is 0 Å². The van der Waals surface area contributed by atoms with Crippen LogP contribution in [0.2, 0.25) is 5.02 Å². The Balaban J connectivity index is 2.47. The summed E-state index contributed by atoms with van der Waals surface area (Å²) in [5.41, 5.74) is 1.97. The molecule has 0 aliphatic carbocycles. The topological polar surface area (TPSA) is 29.5 Å². The number of rotatable bonds is 2. The molecule has 1 N–H and O–H groups in total. The van der Waals surface area contributed by atoms with Gasteiger partial charge in [-0.25, -0.2) is 0 Å². The number of phenolic OH excluding ortho intramolecular Hbond substituents is 1.